The molecule has 2 amide bonds. The fraction of sp³-hybridized carbons (Fsp3) is 0.400. The Morgan fingerprint density at radius 3 is 2.69 bits per heavy atom. The molecule has 3 heterocycles. The summed E-state index contributed by atoms with van der Waals surface area (Å²) in [6.45, 7) is 3.05. The number of amides is 2. The zero-order chi connectivity index (χ0) is 22.1. The van der Waals surface area contributed by atoms with Crippen LogP contribution in [-0.4, -0.2) is 41.4 Å². The van der Waals surface area contributed by atoms with Crippen LogP contribution in [0.4, 0.5) is 0 Å². The highest BCUT2D eigenvalue weighted by atomic mass is 32.1. The SMILES string of the molecule is CC(=O)N1CCO[C@H](c2c(C(=O)NC3(c4ccccc4)CCCC3)sc3ncccc23)C1. The van der Waals surface area contributed by atoms with Gasteiger partial charge >= 0.3 is 0 Å². The lowest BCUT2D eigenvalue weighted by Crippen LogP contribution is -2.44. The first kappa shape index (κ1) is 21.1. The molecule has 1 aromatic carbocycles. The van der Waals surface area contributed by atoms with Gasteiger partial charge in [-0.2, -0.15) is 0 Å². The Kier molecular flexibility index (Phi) is 5.69. The molecule has 1 aliphatic heterocycles. The van der Waals surface area contributed by atoms with E-state index in [9.17, 15) is 9.59 Å². The first-order chi connectivity index (χ1) is 15.6. The minimum Gasteiger partial charge on any atom is -0.370 e. The minimum atomic E-state index is -0.349. The summed E-state index contributed by atoms with van der Waals surface area (Å²) < 4.78 is 6.09. The molecule has 1 saturated carbocycles. The van der Waals surface area contributed by atoms with Crippen molar-refractivity contribution in [1.29, 1.82) is 0 Å². The van der Waals surface area contributed by atoms with Crippen molar-refractivity contribution >= 4 is 33.4 Å². The molecule has 1 N–H and O–H groups in total. The molecule has 2 fully saturated rings. The Morgan fingerprint density at radius 2 is 1.94 bits per heavy atom. The molecule has 3 aromatic rings. The molecule has 166 valence electrons. The smallest absolute Gasteiger partial charge is 0.262 e. The van der Waals surface area contributed by atoms with Gasteiger partial charge in [-0.15, -0.1) is 11.3 Å². The molecule has 1 saturated heterocycles. The molecular weight excluding hydrogens is 422 g/mol. The summed E-state index contributed by atoms with van der Waals surface area (Å²) >= 11 is 1.41. The summed E-state index contributed by atoms with van der Waals surface area (Å²) in [5.41, 5.74) is 1.66. The van der Waals surface area contributed by atoms with Gasteiger partial charge in [0.05, 0.1) is 18.7 Å². The third-order valence-electron chi connectivity index (χ3n) is 6.68. The van der Waals surface area contributed by atoms with Gasteiger partial charge in [-0.25, -0.2) is 4.98 Å². The summed E-state index contributed by atoms with van der Waals surface area (Å²) in [5.74, 6) is -0.0618. The van der Waals surface area contributed by atoms with Crippen LogP contribution in [0.2, 0.25) is 0 Å². The predicted octanol–water partition coefficient (Wildman–Crippen LogP) is 4.42. The number of aromatic nitrogens is 1. The number of thiophene rings is 1. The molecule has 0 radical (unpaired) electrons. The van der Waals surface area contributed by atoms with Crippen molar-refractivity contribution in [3.8, 4) is 0 Å². The predicted molar refractivity (Wildman–Crippen MR) is 125 cm³/mol. The molecule has 1 atom stereocenters. The Hall–Kier alpha value is -2.77. The van der Waals surface area contributed by atoms with Crippen molar-refractivity contribution < 1.29 is 14.3 Å². The van der Waals surface area contributed by atoms with Crippen LogP contribution in [0.25, 0.3) is 10.2 Å². The summed E-state index contributed by atoms with van der Waals surface area (Å²) in [5, 5.41) is 4.34. The van der Waals surface area contributed by atoms with Gasteiger partial charge in [0.1, 0.15) is 15.8 Å². The third-order valence-corrected chi connectivity index (χ3v) is 7.81. The van der Waals surface area contributed by atoms with Gasteiger partial charge in [0.2, 0.25) is 5.91 Å². The molecule has 6 nitrogen and oxygen atoms in total. The maximum absolute atomic E-state index is 13.8. The van der Waals surface area contributed by atoms with Gasteiger partial charge in [0, 0.05) is 30.6 Å². The Bertz CT molecular complexity index is 1140. The standard InChI is InChI=1S/C25H27N3O3S/c1-17(29)28-14-15-31-20(16-28)21-19-10-7-13-26-24(19)32-22(21)23(30)27-25(11-5-6-12-25)18-8-3-2-4-9-18/h2-4,7-10,13,20H,5-6,11-12,14-16H2,1H3,(H,27,30)/t20-/m0/s1. The van der Waals surface area contributed by atoms with E-state index in [1.807, 2.05) is 30.3 Å². The molecule has 32 heavy (non-hydrogen) atoms. The zero-order valence-electron chi connectivity index (χ0n) is 18.2. The molecule has 0 spiro atoms. The van der Waals surface area contributed by atoms with E-state index in [2.05, 4.69) is 22.4 Å². The van der Waals surface area contributed by atoms with Crippen molar-refractivity contribution in [3.05, 3.63) is 64.7 Å². The van der Waals surface area contributed by atoms with Gasteiger partial charge in [-0.1, -0.05) is 49.2 Å². The fourth-order valence-corrected chi connectivity index (χ4v) is 6.13. The number of nitrogens with one attached hydrogen (secondary N) is 1. The summed E-state index contributed by atoms with van der Waals surface area (Å²) in [6.07, 6.45) is 5.45. The van der Waals surface area contributed by atoms with Gasteiger partial charge in [0.25, 0.3) is 5.91 Å². The second-order valence-electron chi connectivity index (χ2n) is 8.63. The normalized spacial score (nSPS) is 20.4. The minimum absolute atomic E-state index is 0.0240. The molecule has 7 heteroatoms. The first-order valence-corrected chi connectivity index (χ1v) is 12.0. The number of benzene rings is 1. The van der Waals surface area contributed by atoms with Crippen molar-refractivity contribution in [2.75, 3.05) is 19.7 Å². The van der Waals surface area contributed by atoms with E-state index in [0.717, 1.165) is 47.0 Å². The van der Waals surface area contributed by atoms with Crippen LogP contribution in [0, 0.1) is 0 Å². The number of carbonyl (C=O) groups excluding carboxylic acids is 2. The summed E-state index contributed by atoms with van der Waals surface area (Å²) in [7, 11) is 0. The van der Waals surface area contributed by atoms with Gasteiger partial charge < -0.3 is 15.0 Å². The molecular formula is C25H27N3O3S. The van der Waals surface area contributed by atoms with E-state index in [-0.39, 0.29) is 23.5 Å². The molecule has 0 bridgehead atoms. The molecule has 2 aromatic heterocycles. The van der Waals surface area contributed by atoms with E-state index < -0.39 is 0 Å². The Morgan fingerprint density at radius 1 is 1.16 bits per heavy atom. The summed E-state index contributed by atoms with van der Waals surface area (Å²) in [6, 6.07) is 14.1. The molecule has 2 aliphatic rings. The largest absolute Gasteiger partial charge is 0.370 e. The maximum Gasteiger partial charge on any atom is 0.262 e. The van der Waals surface area contributed by atoms with Crippen molar-refractivity contribution in [3.63, 3.8) is 0 Å². The number of rotatable bonds is 4. The quantitative estimate of drug-likeness (QED) is 0.640. The van der Waals surface area contributed by atoms with E-state index in [1.165, 1.54) is 11.3 Å². The van der Waals surface area contributed by atoms with Gasteiger partial charge in [-0.3, -0.25) is 9.59 Å². The van der Waals surface area contributed by atoms with Crippen LogP contribution in [-0.2, 0) is 15.1 Å². The number of ether oxygens (including phenoxy) is 1. The number of hydrogen-bond acceptors (Lipinski definition) is 5. The van der Waals surface area contributed by atoms with E-state index in [1.54, 1.807) is 18.0 Å². The maximum atomic E-state index is 13.8. The van der Waals surface area contributed by atoms with Crippen LogP contribution >= 0.6 is 11.3 Å². The van der Waals surface area contributed by atoms with Crippen LogP contribution in [0.1, 0.15) is 59.5 Å². The van der Waals surface area contributed by atoms with Gasteiger partial charge in [-0.05, 0) is 24.5 Å². The van der Waals surface area contributed by atoms with Crippen molar-refractivity contribution in [2.45, 2.75) is 44.2 Å². The number of nitrogens with zero attached hydrogens (tertiary/aromatic N) is 2. The average Bonchev–Trinajstić information content (AvgIpc) is 3.45. The van der Waals surface area contributed by atoms with Crippen LogP contribution < -0.4 is 5.32 Å². The van der Waals surface area contributed by atoms with Crippen LogP contribution in [0.3, 0.4) is 0 Å². The number of hydrogen-bond donors (Lipinski definition) is 1. The fourth-order valence-electron chi connectivity index (χ4n) is 5.05. The van der Waals surface area contributed by atoms with Gasteiger partial charge in [0.15, 0.2) is 0 Å². The lowest BCUT2D eigenvalue weighted by molar-refractivity contribution is -0.136. The first-order valence-electron chi connectivity index (χ1n) is 11.2. The molecule has 1 aliphatic carbocycles. The Labute approximate surface area is 191 Å². The highest BCUT2D eigenvalue weighted by molar-refractivity contribution is 7.20. The number of morpholine rings is 1. The van der Waals surface area contributed by atoms with Crippen molar-refractivity contribution in [1.82, 2.24) is 15.2 Å². The average molecular weight is 450 g/mol. The van der Waals surface area contributed by atoms with E-state index in [0.29, 0.717) is 24.6 Å². The van der Waals surface area contributed by atoms with Crippen molar-refractivity contribution in [2.24, 2.45) is 0 Å². The summed E-state index contributed by atoms with van der Waals surface area (Å²) in [4.78, 5) is 33.5. The van der Waals surface area contributed by atoms with E-state index >= 15 is 0 Å². The number of pyridine rings is 1. The van der Waals surface area contributed by atoms with E-state index in [4.69, 9.17) is 4.74 Å². The highest BCUT2D eigenvalue weighted by Gasteiger charge is 2.39. The highest BCUT2D eigenvalue weighted by Crippen LogP contribution is 2.41. The lowest BCUT2D eigenvalue weighted by atomic mass is 9.88. The molecule has 0 unspecified atom stereocenters. The zero-order valence-corrected chi connectivity index (χ0v) is 19.0. The topological polar surface area (TPSA) is 71.5 Å². The monoisotopic (exact) mass is 449 g/mol. The van der Waals surface area contributed by atoms with Crippen LogP contribution in [0.15, 0.2) is 48.7 Å². The second-order valence-corrected chi connectivity index (χ2v) is 9.63. The van der Waals surface area contributed by atoms with Crippen LogP contribution in [0.5, 0.6) is 0 Å². The second kappa shape index (κ2) is 8.64. The molecule has 5 rings (SSSR count). The third kappa shape index (κ3) is 3.80. The Balaban J connectivity index is 1.53. The number of fused-ring (bicyclic) bond motifs is 1. The number of carbonyl (C=O) groups is 2. The lowest BCUT2D eigenvalue weighted by Gasteiger charge is -2.34.